The molecule has 0 saturated heterocycles. The van der Waals surface area contributed by atoms with Crippen molar-refractivity contribution in [3.05, 3.63) is 54.6 Å². The van der Waals surface area contributed by atoms with E-state index < -0.39 is 10.0 Å². The van der Waals surface area contributed by atoms with Crippen LogP contribution in [0.5, 0.6) is 11.5 Å². The summed E-state index contributed by atoms with van der Waals surface area (Å²) in [4.78, 5) is 0.0814. The van der Waals surface area contributed by atoms with Crippen LogP contribution in [0.25, 0.3) is 0 Å². The van der Waals surface area contributed by atoms with Crippen molar-refractivity contribution in [2.75, 3.05) is 0 Å². The average molecular weight is 284 g/mol. The summed E-state index contributed by atoms with van der Waals surface area (Å²) in [5.74, 6) is 1.23. The van der Waals surface area contributed by atoms with E-state index in [1.54, 1.807) is 16.4 Å². The lowest BCUT2D eigenvalue weighted by atomic mass is 10.3. The average Bonchev–Trinajstić information content (AvgIpc) is 2.40. The first kappa shape index (κ1) is 12.9. The lowest BCUT2D eigenvalue weighted by Crippen LogP contribution is -2.13. The van der Waals surface area contributed by atoms with Gasteiger partial charge in [-0.3, -0.25) is 0 Å². The molecular weight excluding hydrogens is 274 g/mol. The van der Waals surface area contributed by atoms with Crippen LogP contribution in [0.15, 0.2) is 59.5 Å². The summed E-state index contributed by atoms with van der Waals surface area (Å²) in [7, 11) is -3.63. The maximum absolute atomic E-state index is 11.4. The summed E-state index contributed by atoms with van der Waals surface area (Å²) in [5.41, 5.74) is 0. The molecule has 0 aliphatic heterocycles. The molecule has 4 nitrogen and oxygen atoms in total. The van der Waals surface area contributed by atoms with Crippen LogP contribution >= 0.6 is 11.8 Å². The molecule has 0 amide bonds. The largest absolute Gasteiger partial charge is 0.457 e. The van der Waals surface area contributed by atoms with Crippen molar-refractivity contribution < 1.29 is 13.2 Å². The topological polar surface area (TPSA) is 55.4 Å². The lowest BCUT2D eigenvalue weighted by molar-refractivity contribution is 0.482. The van der Waals surface area contributed by atoms with E-state index >= 15 is 0 Å². The third-order valence-corrected chi connectivity index (χ3v) is 3.92. The van der Waals surface area contributed by atoms with Crippen molar-refractivity contribution in [1.29, 1.82) is 0 Å². The highest BCUT2D eigenvalue weighted by Gasteiger charge is 2.11. The Morgan fingerprint density at radius 2 is 1.44 bits per heavy atom. The van der Waals surface area contributed by atoms with Gasteiger partial charge >= 0.3 is 0 Å². The zero-order chi connectivity index (χ0) is 13.0. The molecule has 18 heavy (non-hydrogen) atoms. The quantitative estimate of drug-likeness (QED) is 0.878. The van der Waals surface area contributed by atoms with Gasteiger partial charge in [0.2, 0.25) is 0 Å². The zero-order valence-electron chi connectivity index (χ0n) is 9.21. The van der Waals surface area contributed by atoms with Gasteiger partial charge in [-0.05, 0) is 48.2 Å². The number of benzene rings is 2. The highest BCUT2D eigenvalue weighted by molar-refractivity contribution is 7.90. The van der Waals surface area contributed by atoms with Gasteiger partial charge in [0, 0.05) is 0 Å². The van der Waals surface area contributed by atoms with Crippen LogP contribution in [0.4, 0.5) is 0 Å². The van der Waals surface area contributed by atoms with Gasteiger partial charge in [-0.2, -0.15) is 0 Å². The molecule has 2 rings (SSSR count). The van der Waals surface area contributed by atoms with Crippen molar-refractivity contribution in [2.45, 2.75) is 4.90 Å². The number of ether oxygens (including phenoxy) is 1. The van der Waals surface area contributed by atoms with Crippen LogP contribution in [0.2, 0.25) is 0 Å². The number of sulfonamides is 1. The van der Waals surface area contributed by atoms with E-state index in [0.29, 0.717) is 11.5 Å². The Bertz CT molecular complexity index is 612. The number of hydrogen-bond acceptors (Lipinski definition) is 3. The first-order chi connectivity index (χ1) is 8.62. The molecular formula is C12H10ClNO3S. The second kappa shape index (κ2) is 5.39. The Kier molecular flexibility index (Phi) is 3.86. The maximum Gasteiger partial charge on any atom is 0.253 e. The fraction of sp³-hybridized carbons (Fsp3) is 0. The number of hydrogen-bond donors (Lipinski definition) is 1. The Morgan fingerprint density at radius 3 is 2.00 bits per heavy atom. The normalized spacial score (nSPS) is 11.2. The molecule has 0 spiro atoms. The predicted octanol–water partition coefficient (Wildman–Crippen LogP) is 2.91. The highest BCUT2D eigenvalue weighted by Crippen LogP contribution is 2.22. The first-order valence-electron chi connectivity index (χ1n) is 5.07. The summed E-state index contributed by atoms with van der Waals surface area (Å²) < 4.78 is 30.0. The number of halogens is 1. The fourth-order valence-corrected chi connectivity index (χ4v) is 2.21. The number of nitrogens with one attached hydrogen (secondary N) is 1. The van der Waals surface area contributed by atoms with Crippen molar-refractivity contribution in [3.8, 4) is 11.5 Å². The molecule has 0 atom stereocenters. The van der Waals surface area contributed by atoms with Crippen LogP contribution in [-0.2, 0) is 10.0 Å². The Hall–Kier alpha value is -1.56. The first-order valence-corrected chi connectivity index (χ1v) is 6.93. The minimum Gasteiger partial charge on any atom is -0.457 e. The van der Waals surface area contributed by atoms with E-state index in [1.807, 2.05) is 30.3 Å². The number of rotatable bonds is 4. The second-order valence-corrected chi connectivity index (χ2v) is 5.56. The molecule has 0 unspecified atom stereocenters. The molecule has 0 bridgehead atoms. The molecule has 2 aromatic carbocycles. The van der Waals surface area contributed by atoms with Gasteiger partial charge in [-0.1, -0.05) is 18.2 Å². The van der Waals surface area contributed by atoms with Crippen LogP contribution in [0.1, 0.15) is 0 Å². The van der Waals surface area contributed by atoms with Gasteiger partial charge in [0.1, 0.15) is 11.5 Å². The minimum atomic E-state index is -3.63. The van der Waals surface area contributed by atoms with Crippen molar-refractivity contribution >= 4 is 21.8 Å². The molecule has 0 saturated carbocycles. The molecule has 0 fully saturated rings. The maximum atomic E-state index is 11.4. The Morgan fingerprint density at radius 1 is 0.889 bits per heavy atom. The van der Waals surface area contributed by atoms with E-state index in [4.69, 9.17) is 16.5 Å². The van der Waals surface area contributed by atoms with Gasteiger partial charge in [0.05, 0.1) is 4.90 Å². The molecule has 0 radical (unpaired) electrons. The molecule has 1 N–H and O–H groups in total. The smallest absolute Gasteiger partial charge is 0.253 e. The van der Waals surface area contributed by atoms with Crippen LogP contribution in [0, 0.1) is 0 Å². The van der Waals surface area contributed by atoms with E-state index in [2.05, 4.69) is 0 Å². The zero-order valence-corrected chi connectivity index (χ0v) is 10.8. The van der Waals surface area contributed by atoms with Crippen LogP contribution < -0.4 is 8.98 Å². The van der Waals surface area contributed by atoms with Crippen molar-refractivity contribution in [1.82, 2.24) is 4.24 Å². The summed E-state index contributed by atoms with van der Waals surface area (Å²) in [5, 5.41) is 0. The molecule has 2 aromatic rings. The monoisotopic (exact) mass is 283 g/mol. The lowest BCUT2D eigenvalue weighted by Gasteiger charge is -2.06. The van der Waals surface area contributed by atoms with E-state index in [0.717, 1.165) is 0 Å². The van der Waals surface area contributed by atoms with E-state index in [9.17, 15) is 8.42 Å². The van der Waals surface area contributed by atoms with Crippen LogP contribution in [-0.4, -0.2) is 8.42 Å². The van der Waals surface area contributed by atoms with Gasteiger partial charge in [0.15, 0.2) is 0 Å². The van der Waals surface area contributed by atoms with E-state index in [-0.39, 0.29) is 4.90 Å². The Labute approximate surface area is 110 Å². The second-order valence-electron chi connectivity index (χ2n) is 3.47. The molecule has 0 aliphatic rings. The molecule has 94 valence electrons. The summed E-state index contributed by atoms with van der Waals surface area (Å²) in [6.45, 7) is 0. The van der Waals surface area contributed by atoms with Gasteiger partial charge < -0.3 is 4.74 Å². The van der Waals surface area contributed by atoms with Gasteiger partial charge in [-0.15, -0.1) is 4.24 Å². The summed E-state index contributed by atoms with van der Waals surface area (Å²) >= 11 is 5.13. The van der Waals surface area contributed by atoms with Gasteiger partial charge in [-0.25, -0.2) is 8.42 Å². The summed E-state index contributed by atoms with van der Waals surface area (Å²) in [6.07, 6.45) is 0. The van der Waals surface area contributed by atoms with Crippen molar-refractivity contribution in [2.24, 2.45) is 0 Å². The minimum absolute atomic E-state index is 0.0814. The van der Waals surface area contributed by atoms with Crippen molar-refractivity contribution in [3.63, 3.8) is 0 Å². The highest BCUT2D eigenvalue weighted by atomic mass is 35.5. The molecule has 0 heterocycles. The van der Waals surface area contributed by atoms with Gasteiger partial charge in [0.25, 0.3) is 10.0 Å². The SMILES string of the molecule is O=S(=O)(NCl)c1ccc(Oc2ccccc2)cc1. The van der Waals surface area contributed by atoms with Crippen LogP contribution in [0.3, 0.4) is 0 Å². The predicted molar refractivity (Wildman–Crippen MR) is 69.1 cm³/mol. The Balaban J connectivity index is 2.19. The summed E-state index contributed by atoms with van der Waals surface area (Å²) in [6, 6.07) is 15.2. The molecule has 0 aromatic heterocycles. The molecule has 0 aliphatic carbocycles. The number of para-hydroxylation sites is 1. The standard InChI is InChI=1S/C12H10ClNO3S/c13-14-18(15,16)12-8-6-11(7-9-12)17-10-4-2-1-3-5-10/h1-9,14H. The molecule has 6 heteroatoms. The fourth-order valence-electron chi connectivity index (χ4n) is 1.36. The third kappa shape index (κ3) is 3.01. The third-order valence-electron chi connectivity index (χ3n) is 2.21. The van der Waals surface area contributed by atoms with E-state index in [1.165, 1.54) is 12.1 Å².